The van der Waals surface area contributed by atoms with Gasteiger partial charge in [-0.2, -0.15) is 5.10 Å². The minimum absolute atomic E-state index is 0.156. The molecule has 0 fully saturated rings. The van der Waals surface area contributed by atoms with E-state index in [1.54, 1.807) is 0 Å². The Balaban J connectivity index is 2.92. The van der Waals surface area contributed by atoms with Gasteiger partial charge in [0, 0.05) is 5.02 Å². The summed E-state index contributed by atoms with van der Waals surface area (Å²) in [5.41, 5.74) is 9.69. The van der Waals surface area contributed by atoms with Crippen molar-refractivity contribution in [2.45, 2.75) is 13.3 Å². The molecule has 0 unspecified atom stereocenters. The average molecular weight is 242 g/mol. The zero-order valence-electron chi connectivity index (χ0n) is 8.33. The molecule has 3 nitrogen and oxygen atoms in total. The lowest BCUT2D eigenvalue weighted by Gasteiger charge is -2.04. The number of nitrogens with two attached hydrogens (primary N) is 1. The van der Waals surface area contributed by atoms with E-state index >= 15 is 0 Å². The molecule has 1 aromatic carbocycles. The summed E-state index contributed by atoms with van der Waals surface area (Å²) in [7, 11) is 0. The maximum absolute atomic E-state index is 5.88. The lowest BCUT2D eigenvalue weighted by molar-refractivity contribution is 1.01. The van der Waals surface area contributed by atoms with Gasteiger partial charge in [-0.05, 0) is 36.3 Å². The van der Waals surface area contributed by atoms with Gasteiger partial charge in [-0.3, -0.25) is 5.43 Å². The molecule has 0 atom stereocenters. The first-order valence-electron chi connectivity index (χ1n) is 4.51. The Morgan fingerprint density at radius 1 is 1.60 bits per heavy atom. The van der Waals surface area contributed by atoms with Crippen molar-refractivity contribution in [2.24, 2.45) is 10.8 Å². The highest BCUT2D eigenvalue weighted by Crippen LogP contribution is 2.12. The summed E-state index contributed by atoms with van der Waals surface area (Å²) in [5.74, 6) is 0. The molecule has 3 N–H and O–H groups in total. The minimum Gasteiger partial charge on any atom is -0.375 e. The van der Waals surface area contributed by atoms with Crippen LogP contribution in [0.4, 0.5) is 0 Å². The number of benzene rings is 1. The second kappa shape index (κ2) is 5.68. The van der Waals surface area contributed by atoms with Crippen LogP contribution >= 0.6 is 23.8 Å². The summed E-state index contributed by atoms with van der Waals surface area (Å²) in [6.07, 6.45) is 0.774. The predicted octanol–water partition coefficient (Wildman–Crippen LogP) is 2.29. The standard InChI is InChI=1S/C10H12ClN3S/c1-2-9(13-14-10(12)15)7-4-3-5-8(11)6-7/h3-6H,2H2,1H3,(H3,12,14,15)/b13-9-. The van der Waals surface area contributed by atoms with Crippen LogP contribution in [0.25, 0.3) is 0 Å². The van der Waals surface area contributed by atoms with Crippen molar-refractivity contribution in [3.8, 4) is 0 Å². The molecule has 0 aromatic heterocycles. The molecular weight excluding hydrogens is 230 g/mol. The van der Waals surface area contributed by atoms with Gasteiger partial charge in [-0.1, -0.05) is 30.7 Å². The van der Waals surface area contributed by atoms with E-state index in [1.807, 2.05) is 31.2 Å². The average Bonchev–Trinajstić information content (AvgIpc) is 2.18. The van der Waals surface area contributed by atoms with Crippen molar-refractivity contribution in [2.75, 3.05) is 0 Å². The Morgan fingerprint density at radius 2 is 2.33 bits per heavy atom. The molecule has 1 aromatic rings. The largest absolute Gasteiger partial charge is 0.375 e. The van der Waals surface area contributed by atoms with Crippen LogP contribution in [0.15, 0.2) is 29.4 Å². The molecule has 0 aliphatic rings. The van der Waals surface area contributed by atoms with E-state index in [9.17, 15) is 0 Å². The van der Waals surface area contributed by atoms with Crippen LogP contribution in [0.5, 0.6) is 0 Å². The molecule has 5 heteroatoms. The molecule has 1 rings (SSSR count). The van der Waals surface area contributed by atoms with Crippen molar-refractivity contribution in [3.05, 3.63) is 34.9 Å². The zero-order chi connectivity index (χ0) is 11.3. The first kappa shape index (κ1) is 11.9. The second-order valence-electron chi connectivity index (χ2n) is 2.90. The number of rotatable bonds is 3. The third-order valence-corrected chi connectivity index (χ3v) is 2.12. The molecule has 0 heterocycles. The number of halogens is 1. The summed E-state index contributed by atoms with van der Waals surface area (Å²) in [5, 5.41) is 4.93. The van der Waals surface area contributed by atoms with Gasteiger partial charge in [0.05, 0.1) is 5.71 Å². The quantitative estimate of drug-likeness (QED) is 0.485. The molecular formula is C10H12ClN3S. The summed E-state index contributed by atoms with van der Waals surface area (Å²) >= 11 is 10.6. The number of hydrogen-bond acceptors (Lipinski definition) is 2. The molecule has 0 aliphatic heterocycles. The van der Waals surface area contributed by atoms with E-state index in [0.717, 1.165) is 17.7 Å². The second-order valence-corrected chi connectivity index (χ2v) is 3.77. The molecule has 80 valence electrons. The normalized spacial score (nSPS) is 11.2. The third kappa shape index (κ3) is 3.85. The lowest BCUT2D eigenvalue weighted by Crippen LogP contribution is -2.25. The Morgan fingerprint density at radius 3 is 2.87 bits per heavy atom. The Labute approximate surface area is 99.3 Å². The van der Waals surface area contributed by atoms with E-state index in [1.165, 1.54) is 0 Å². The molecule has 0 amide bonds. The maximum atomic E-state index is 5.88. The topological polar surface area (TPSA) is 50.4 Å². The molecule has 15 heavy (non-hydrogen) atoms. The highest BCUT2D eigenvalue weighted by Gasteiger charge is 2.01. The Hall–Kier alpha value is -1.13. The first-order chi connectivity index (χ1) is 7.13. The van der Waals surface area contributed by atoms with Gasteiger partial charge in [-0.25, -0.2) is 0 Å². The molecule has 0 radical (unpaired) electrons. The molecule has 0 saturated heterocycles. The van der Waals surface area contributed by atoms with E-state index in [0.29, 0.717) is 5.02 Å². The van der Waals surface area contributed by atoms with Crippen LogP contribution in [-0.2, 0) is 0 Å². The van der Waals surface area contributed by atoms with E-state index < -0.39 is 0 Å². The van der Waals surface area contributed by atoms with Gasteiger partial charge >= 0.3 is 0 Å². The van der Waals surface area contributed by atoms with Crippen molar-refractivity contribution in [3.63, 3.8) is 0 Å². The number of nitrogens with zero attached hydrogens (tertiary/aromatic N) is 1. The van der Waals surface area contributed by atoms with Gasteiger partial charge in [-0.15, -0.1) is 0 Å². The number of hydrazone groups is 1. The van der Waals surface area contributed by atoms with E-state index in [2.05, 4.69) is 22.7 Å². The summed E-state index contributed by atoms with van der Waals surface area (Å²) in [4.78, 5) is 0. The molecule has 0 bridgehead atoms. The van der Waals surface area contributed by atoms with E-state index in [-0.39, 0.29) is 5.11 Å². The van der Waals surface area contributed by atoms with Gasteiger partial charge in [0.2, 0.25) is 0 Å². The number of hydrogen-bond donors (Lipinski definition) is 2. The smallest absolute Gasteiger partial charge is 0.184 e. The van der Waals surface area contributed by atoms with Crippen LogP contribution in [0.3, 0.4) is 0 Å². The molecule has 0 saturated carbocycles. The highest BCUT2D eigenvalue weighted by molar-refractivity contribution is 7.80. The van der Waals surface area contributed by atoms with Gasteiger partial charge < -0.3 is 5.73 Å². The highest BCUT2D eigenvalue weighted by atomic mass is 35.5. The fourth-order valence-electron chi connectivity index (χ4n) is 1.14. The maximum Gasteiger partial charge on any atom is 0.184 e. The van der Waals surface area contributed by atoms with Crippen molar-refractivity contribution < 1.29 is 0 Å². The monoisotopic (exact) mass is 241 g/mol. The van der Waals surface area contributed by atoms with Gasteiger partial charge in [0.1, 0.15) is 0 Å². The van der Waals surface area contributed by atoms with Crippen molar-refractivity contribution in [1.82, 2.24) is 5.43 Å². The van der Waals surface area contributed by atoms with Crippen LogP contribution in [-0.4, -0.2) is 10.8 Å². The first-order valence-corrected chi connectivity index (χ1v) is 5.30. The van der Waals surface area contributed by atoms with Crippen molar-refractivity contribution >= 4 is 34.6 Å². The number of nitrogens with one attached hydrogen (secondary N) is 1. The van der Waals surface area contributed by atoms with Crippen LogP contribution < -0.4 is 11.2 Å². The van der Waals surface area contributed by atoms with Gasteiger partial charge in [0.15, 0.2) is 5.11 Å². The molecule has 0 aliphatic carbocycles. The summed E-state index contributed by atoms with van der Waals surface area (Å²) < 4.78 is 0. The Kier molecular flexibility index (Phi) is 4.52. The predicted molar refractivity (Wildman–Crippen MR) is 68.2 cm³/mol. The lowest BCUT2D eigenvalue weighted by atomic mass is 10.1. The van der Waals surface area contributed by atoms with Crippen LogP contribution in [0.1, 0.15) is 18.9 Å². The minimum atomic E-state index is 0.156. The SMILES string of the molecule is CC/C(=N/NC(N)=S)c1cccc(Cl)c1. The number of thiocarbonyl (C=S) groups is 1. The van der Waals surface area contributed by atoms with Crippen LogP contribution in [0.2, 0.25) is 5.02 Å². The zero-order valence-corrected chi connectivity index (χ0v) is 9.90. The Bertz CT molecular complexity index is 390. The van der Waals surface area contributed by atoms with Crippen LogP contribution in [0, 0.1) is 0 Å². The van der Waals surface area contributed by atoms with E-state index in [4.69, 9.17) is 17.3 Å². The fourth-order valence-corrected chi connectivity index (χ4v) is 1.37. The fraction of sp³-hybridized carbons (Fsp3) is 0.200. The van der Waals surface area contributed by atoms with Crippen molar-refractivity contribution in [1.29, 1.82) is 0 Å². The third-order valence-electron chi connectivity index (χ3n) is 1.79. The summed E-state index contributed by atoms with van der Waals surface area (Å²) in [6, 6.07) is 7.49. The van der Waals surface area contributed by atoms with Gasteiger partial charge in [0.25, 0.3) is 0 Å². The summed E-state index contributed by atoms with van der Waals surface area (Å²) in [6.45, 7) is 2.00. The molecule has 0 spiro atoms.